The molecule has 8 heteroatoms. The van der Waals surface area contributed by atoms with Crippen LogP contribution in [0.1, 0.15) is 17.2 Å². The number of anilines is 1. The number of ether oxygens (including phenoxy) is 1. The van der Waals surface area contributed by atoms with Gasteiger partial charge in [0.1, 0.15) is 18.8 Å². The number of amides is 1. The fourth-order valence-electron chi connectivity index (χ4n) is 2.13. The molecule has 2 unspecified atom stereocenters. The molecule has 0 saturated heterocycles. The average Bonchev–Trinajstić information content (AvgIpc) is 2.61. The van der Waals surface area contributed by atoms with Gasteiger partial charge < -0.3 is 26.0 Å². The third kappa shape index (κ3) is 5.71. The minimum absolute atomic E-state index is 0.122. The number of aliphatic hydroxyl groups excluding tert-OH is 2. The summed E-state index contributed by atoms with van der Waals surface area (Å²) in [6, 6.07) is 12.6. The summed E-state index contributed by atoms with van der Waals surface area (Å²) in [4.78, 5) is 11.7. The SMILES string of the molecule is Nc1c(Br)cc(Br)cc1C(O)C(O)CNC(=O)OCc1ccccc1. The number of nitrogens with two attached hydrogens (primary N) is 1. The lowest BCUT2D eigenvalue weighted by molar-refractivity contribution is 0.0188. The molecule has 0 aliphatic heterocycles. The third-order valence-electron chi connectivity index (χ3n) is 3.48. The Morgan fingerprint density at radius 1 is 1.20 bits per heavy atom. The molecule has 2 aromatic rings. The molecule has 2 rings (SSSR count). The van der Waals surface area contributed by atoms with Crippen LogP contribution in [-0.2, 0) is 11.3 Å². The second-order valence-electron chi connectivity index (χ2n) is 5.35. The number of aliphatic hydroxyl groups is 2. The van der Waals surface area contributed by atoms with Gasteiger partial charge in [-0.2, -0.15) is 0 Å². The Kier molecular flexibility index (Phi) is 7.24. The molecule has 0 fully saturated rings. The van der Waals surface area contributed by atoms with Crippen molar-refractivity contribution in [3.63, 3.8) is 0 Å². The molecular weight excluding hydrogens is 456 g/mol. The van der Waals surface area contributed by atoms with Crippen LogP contribution >= 0.6 is 31.9 Å². The molecule has 134 valence electrons. The van der Waals surface area contributed by atoms with Crippen molar-refractivity contribution in [3.8, 4) is 0 Å². The van der Waals surface area contributed by atoms with E-state index in [0.29, 0.717) is 20.2 Å². The first-order valence-electron chi connectivity index (χ1n) is 7.43. The van der Waals surface area contributed by atoms with E-state index in [1.807, 2.05) is 30.3 Å². The molecule has 0 aliphatic rings. The van der Waals surface area contributed by atoms with Crippen LogP contribution in [0.25, 0.3) is 0 Å². The van der Waals surface area contributed by atoms with E-state index in [0.717, 1.165) is 5.56 Å². The Balaban J connectivity index is 1.87. The number of halogens is 2. The summed E-state index contributed by atoms with van der Waals surface area (Å²) >= 11 is 6.58. The summed E-state index contributed by atoms with van der Waals surface area (Å²) in [5.74, 6) is 0. The Bertz CT molecular complexity index is 728. The highest BCUT2D eigenvalue weighted by molar-refractivity contribution is 9.11. The molecule has 2 atom stereocenters. The highest BCUT2D eigenvalue weighted by Gasteiger charge is 2.23. The van der Waals surface area contributed by atoms with Crippen molar-refractivity contribution in [2.75, 3.05) is 12.3 Å². The van der Waals surface area contributed by atoms with Gasteiger partial charge in [-0.1, -0.05) is 46.3 Å². The highest BCUT2D eigenvalue weighted by atomic mass is 79.9. The van der Waals surface area contributed by atoms with Crippen LogP contribution in [0.5, 0.6) is 0 Å². The number of carbonyl (C=O) groups is 1. The number of carbonyl (C=O) groups excluding carboxylic acids is 1. The van der Waals surface area contributed by atoms with E-state index < -0.39 is 18.3 Å². The predicted octanol–water partition coefficient (Wildman–Crippen LogP) is 3.11. The van der Waals surface area contributed by atoms with E-state index >= 15 is 0 Å². The van der Waals surface area contributed by atoms with E-state index in [4.69, 9.17) is 10.5 Å². The van der Waals surface area contributed by atoms with Gasteiger partial charge in [-0.15, -0.1) is 0 Å². The van der Waals surface area contributed by atoms with Crippen molar-refractivity contribution >= 4 is 43.6 Å². The van der Waals surface area contributed by atoms with Crippen molar-refractivity contribution in [2.45, 2.75) is 18.8 Å². The van der Waals surface area contributed by atoms with Crippen molar-refractivity contribution in [2.24, 2.45) is 0 Å². The Labute approximate surface area is 162 Å². The van der Waals surface area contributed by atoms with Gasteiger partial charge in [0, 0.05) is 21.1 Å². The summed E-state index contributed by atoms with van der Waals surface area (Å²) < 4.78 is 6.34. The van der Waals surface area contributed by atoms with Gasteiger partial charge in [0.15, 0.2) is 0 Å². The summed E-state index contributed by atoms with van der Waals surface area (Å²) in [7, 11) is 0. The second-order valence-corrected chi connectivity index (χ2v) is 7.12. The van der Waals surface area contributed by atoms with Gasteiger partial charge in [-0.05, 0) is 33.6 Å². The molecule has 0 bridgehead atoms. The number of hydrogen-bond acceptors (Lipinski definition) is 5. The fraction of sp³-hybridized carbons (Fsp3) is 0.235. The van der Waals surface area contributed by atoms with Crippen LogP contribution in [0, 0.1) is 0 Å². The molecule has 1 amide bonds. The van der Waals surface area contributed by atoms with Crippen molar-refractivity contribution in [1.82, 2.24) is 5.32 Å². The first kappa shape index (κ1) is 19.7. The van der Waals surface area contributed by atoms with Gasteiger partial charge in [-0.3, -0.25) is 0 Å². The zero-order chi connectivity index (χ0) is 18.4. The normalized spacial score (nSPS) is 13.1. The molecule has 0 radical (unpaired) electrons. The maximum atomic E-state index is 11.7. The minimum Gasteiger partial charge on any atom is -0.445 e. The Morgan fingerprint density at radius 2 is 1.88 bits per heavy atom. The van der Waals surface area contributed by atoms with E-state index in [2.05, 4.69) is 37.2 Å². The zero-order valence-electron chi connectivity index (χ0n) is 13.2. The second kappa shape index (κ2) is 9.19. The summed E-state index contributed by atoms with van der Waals surface area (Å²) in [5, 5.41) is 22.8. The number of nitrogens with one attached hydrogen (secondary N) is 1. The number of nitrogen functional groups attached to an aromatic ring is 1. The van der Waals surface area contributed by atoms with Crippen LogP contribution in [0.15, 0.2) is 51.4 Å². The lowest BCUT2D eigenvalue weighted by atomic mass is 10.0. The van der Waals surface area contributed by atoms with Crippen LogP contribution in [0.2, 0.25) is 0 Å². The molecular formula is C17H18Br2N2O4. The topological polar surface area (TPSA) is 105 Å². The molecule has 25 heavy (non-hydrogen) atoms. The number of benzene rings is 2. The Hall–Kier alpha value is -1.61. The quantitative estimate of drug-likeness (QED) is 0.482. The third-order valence-corrected chi connectivity index (χ3v) is 4.59. The average molecular weight is 474 g/mol. The van der Waals surface area contributed by atoms with E-state index in [-0.39, 0.29) is 13.2 Å². The predicted molar refractivity (Wildman–Crippen MR) is 102 cm³/mol. The van der Waals surface area contributed by atoms with Gasteiger partial charge in [0.2, 0.25) is 0 Å². The van der Waals surface area contributed by atoms with Gasteiger partial charge in [0.05, 0.1) is 5.69 Å². The summed E-state index contributed by atoms with van der Waals surface area (Å²) in [6.45, 7) is -0.0603. The van der Waals surface area contributed by atoms with Gasteiger partial charge in [0.25, 0.3) is 0 Å². The van der Waals surface area contributed by atoms with E-state index in [1.54, 1.807) is 12.1 Å². The summed E-state index contributed by atoms with van der Waals surface area (Å²) in [6.07, 6.45) is -3.19. The first-order valence-corrected chi connectivity index (χ1v) is 9.02. The fourth-order valence-corrected chi connectivity index (χ4v) is 3.39. The zero-order valence-corrected chi connectivity index (χ0v) is 16.3. The number of alkyl carbamates (subject to hydrolysis) is 1. The van der Waals surface area contributed by atoms with Gasteiger partial charge >= 0.3 is 6.09 Å². The molecule has 0 heterocycles. The lowest BCUT2D eigenvalue weighted by Crippen LogP contribution is -2.36. The van der Waals surface area contributed by atoms with Crippen molar-refractivity contribution < 1.29 is 19.7 Å². The molecule has 5 N–H and O–H groups in total. The molecule has 2 aromatic carbocycles. The van der Waals surface area contributed by atoms with Gasteiger partial charge in [-0.25, -0.2) is 4.79 Å². The highest BCUT2D eigenvalue weighted by Crippen LogP contribution is 2.33. The van der Waals surface area contributed by atoms with Crippen LogP contribution in [0.4, 0.5) is 10.5 Å². The maximum Gasteiger partial charge on any atom is 0.407 e. The monoisotopic (exact) mass is 472 g/mol. The van der Waals surface area contributed by atoms with Crippen molar-refractivity contribution in [1.29, 1.82) is 0 Å². The Morgan fingerprint density at radius 3 is 2.56 bits per heavy atom. The molecule has 0 aliphatic carbocycles. The number of hydrogen-bond donors (Lipinski definition) is 4. The molecule has 0 saturated carbocycles. The summed E-state index contributed by atoms with van der Waals surface area (Å²) in [5.41, 5.74) is 7.43. The van der Waals surface area contributed by atoms with E-state index in [1.165, 1.54) is 0 Å². The first-order chi connectivity index (χ1) is 11.9. The largest absolute Gasteiger partial charge is 0.445 e. The van der Waals surface area contributed by atoms with Crippen LogP contribution < -0.4 is 11.1 Å². The maximum absolute atomic E-state index is 11.7. The molecule has 0 aromatic heterocycles. The molecule has 0 spiro atoms. The standard InChI is InChI=1S/C17H18Br2N2O4/c18-11-6-12(15(20)13(19)7-11)16(23)14(22)8-21-17(24)25-9-10-4-2-1-3-5-10/h1-7,14,16,22-23H,8-9,20H2,(H,21,24). The van der Waals surface area contributed by atoms with Crippen LogP contribution in [-0.4, -0.2) is 29.0 Å². The number of rotatable bonds is 6. The molecule has 6 nitrogen and oxygen atoms in total. The smallest absolute Gasteiger partial charge is 0.407 e. The van der Waals surface area contributed by atoms with Crippen molar-refractivity contribution in [3.05, 3.63) is 62.5 Å². The lowest BCUT2D eigenvalue weighted by Gasteiger charge is -2.21. The minimum atomic E-state index is -1.26. The van der Waals surface area contributed by atoms with Crippen LogP contribution in [0.3, 0.4) is 0 Å². The van der Waals surface area contributed by atoms with E-state index in [9.17, 15) is 15.0 Å².